The zero-order chi connectivity index (χ0) is 2.00. The smallest absolute Gasteiger partial charge is 0.870 e. The molecule has 0 amide bonds. The van der Waals surface area contributed by atoms with Gasteiger partial charge in [0.15, 0.2) is 0 Å². The minimum atomic E-state index is 0. The fourth-order valence-corrected chi connectivity index (χ4v) is 0. The predicted molar refractivity (Wildman–Crippen MR) is 13.5 cm³/mol. The van der Waals surface area contributed by atoms with E-state index >= 15 is 0 Å². The molecule has 0 aliphatic rings. The Morgan fingerprint density at radius 2 is 1.25 bits per heavy atom. The summed E-state index contributed by atoms with van der Waals surface area (Å²) in [5, 5.41) is 0. The number of rotatable bonds is 0. The van der Waals surface area contributed by atoms with Gasteiger partial charge in [-0.1, -0.05) is 0 Å². The van der Waals surface area contributed by atoms with E-state index in [2.05, 4.69) is 11.9 Å². The van der Waals surface area contributed by atoms with Crippen molar-refractivity contribution >= 4 is 49.6 Å². The predicted octanol–water partition coefficient (Wildman–Crippen LogP) is -1.06. The Bertz CT molecular complexity index is 6.00. The molecular weight excluding hydrogens is 108 g/mol. The maximum Gasteiger partial charge on any atom is 2.00 e. The van der Waals surface area contributed by atoms with Crippen molar-refractivity contribution in [1.29, 1.82) is 0 Å². The summed E-state index contributed by atoms with van der Waals surface area (Å²) in [7, 11) is 0. The third-order valence-electron chi connectivity index (χ3n) is 0. The second-order valence-electron chi connectivity index (χ2n) is 0. The molecule has 4 heavy (non-hydrogen) atoms. The summed E-state index contributed by atoms with van der Waals surface area (Å²) >= 11 is 3.39. The molecule has 4 heteroatoms. The standard InChI is InChI=1S/Ca.ClO.H2O/c;1-2;/h;;1H2/q+2;-1;/p-1. The largest absolute Gasteiger partial charge is 2.00 e. The van der Waals surface area contributed by atoms with Gasteiger partial charge in [-0.05, 0) is 0 Å². The molecule has 0 rings (SSSR count). The number of hydrogen-bond donors (Lipinski definition) is 0. The van der Waals surface area contributed by atoms with Crippen LogP contribution in [0.3, 0.4) is 0 Å². The summed E-state index contributed by atoms with van der Waals surface area (Å²) in [5.74, 6) is 0. The Balaban J connectivity index is -0.00000000500. The second-order valence-corrected chi connectivity index (χ2v) is 0. The molecule has 2 nitrogen and oxygen atoms in total. The quantitative estimate of drug-likeness (QED) is 0.372. The normalized spacial score (nSPS) is 1.50. The first-order valence-corrected chi connectivity index (χ1v) is 0.463. The first-order valence-electron chi connectivity index (χ1n) is 0.154. The van der Waals surface area contributed by atoms with Gasteiger partial charge in [-0.2, -0.15) is 0 Å². The Labute approximate surface area is 59.2 Å². The topological polar surface area (TPSA) is 53.1 Å². The monoisotopic (exact) mass is 108 g/mol. The maximum atomic E-state index is 7.72. The summed E-state index contributed by atoms with van der Waals surface area (Å²) in [5.41, 5.74) is 0. The van der Waals surface area contributed by atoms with Crippen molar-refractivity contribution < 1.29 is 10.1 Å². The molecule has 0 heterocycles. The van der Waals surface area contributed by atoms with Crippen molar-refractivity contribution in [2.75, 3.05) is 0 Å². The van der Waals surface area contributed by atoms with Crippen LogP contribution < -0.4 is 4.66 Å². The molecule has 0 aromatic carbocycles. The van der Waals surface area contributed by atoms with E-state index in [0.717, 1.165) is 0 Å². The molecule has 0 saturated carbocycles. The van der Waals surface area contributed by atoms with Gasteiger partial charge >= 0.3 is 37.7 Å². The third kappa shape index (κ3) is 9.80. The van der Waals surface area contributed by atoms with Crippen molar-refractivity contribution in [3.8, 4) is 0 Å². The van der Waals surface area contributed by atoms with Crippen LogP contribution in [0.1, 0.15) is 0 Å². The summed E-state index contributed by atoms with van der Waals surface area (Å²) in [6.45, 7) is 0. The molecule has 0 saturated heterocycles. The van der Waals surface area contributed by atoms with Gasteiger partial charge in [0.05, 0.1) is 0 Å². The molecule has 0 aromatic heterocycles. The molecule has 0 bridgehead atoms. The average molecular weight is 109 g/mol. The summed E-state index contributed by atoms with van der Waals surface area (Å²) in [6, 6.07) is 0. The van der Waals surface area contributed by atoms with Crippen molar-refractivity contribution in [3.05, 3.63) is 0 Å². The van der Waals surface area contributed by atoms with Gasteiger partial charge < -0.3 is 10.1 Å². The summed E-state index contributed by atoms with van der Waals surface area (Å²) in [6.07, 6.45) is 0. The zero-order valence-electron chi connectivity index (χ0n) is 1.94. The minimum absolute atomic E-state index is 0. The van der Waals surface area contributed by atoms with Crippen LogP contribution in [0.4, 0.5) is 0 Å². The van der Waals surface area contributed by atoms with Gasteiger partial charge in [0.2, 0.25) is 0 Å². The van der Waals surface area contributed by atoms with Crippen molar-refractivity contribution in [2.24, 2.45) is 0 Å². The van der Waals surface area contributed by atoms with Crippen LogP contribution >= 0.6 is 11.9 Å². The van der Waals surface area contributed by atoms with Gasteiger partial charge in [-0.15, -0.1) is 0 Å². The van der Waals surface area contributed by atoms with Crippen molar-refractivity contribution in [2.45, 2.75) is 0 Å². The van der Waals surface area contributed by atoms with Crippen LogP contribution in [0.25, 0.3) is 0 Å². The Morgan fingerprint density at radius 1 is 1.25 bits per heavy atom. The van der Waals surface area contributed by atoms with E-state index < -0.39 is 0 Å². The number of hydrogen-bond acceptors (Lipinski definition) is 2. The van der Waals surface area contributed by atoms with Crippen LogP contribution in [0.5, 0.6) is 0 Å². The van der Waals surface area contributed by atoms with E-state index in [1.54, 1.807) is 0 Å². The van der Waals surface area contributed by atoms with Gasteiger partial charge in [0.25, 0.3) is 0 Å². The van der Waals surface area contributed by atoms with E-state index in [9.17, 15) is 0 Å². The van der Waals surface area contributed by atoms with E-state index in [-0.39, 0.29) is 43.2 Å². The van der Waals surface area contributed by atoms with Crippen molar-refractivity contribution in [3.63, 3.8) is 0 Å². The molecule has 0 aromatic rings. The molecule has 0 fully saturated rings. The van der Waals surface area contributed by atoms with Crippen LogP contribution in [-0.2, 0) is 0 Å². The fourth-order valence-electron chi connectivity index (χ4n) is 0. The van der Waals surface area contributed by atoms with E-state index in [1.165, 1.54) is 0 Å². The third-order valence-corrected chi connectivity index (χ3v) is 0. The van der Waals surface area contributed by atoms with Crippen LogP contribution in [0, 0.1) is 0 Å². The average Bonchev–Trinajstić information content (AvgIpc) is 1.00. The van der Waals surface area contributed by atoms with Crippen molar-refractivity contribution in [1.82, 2.24) is 0 Å². The minimum Gasteiger partial charge on any atom is -0.870 e. The van der Waals surface area contributed by atoms with Gasteiger partial charge in [-0.3, -0.25) is 0 Å². The molecule has 0 unspecified atom stereocenters. The maximum absolute atomic E-state index is 7.72. The molecule has 0 radical (unpaired) electrons. The Kier molecular flexibility index (Phi) is 112. The molecule has 22 valence electrons. The molecular formula is HCaClO2. The van der Waals surface area contributed by atoms with E-state index in [4.69, 9.17) is 4.66 Å². The van der Waals surface area contributed by atoms with Gasteiger partial charge in [0.1, 0.15) is 0 Å². The molecule has 1 N–H and O–H groups in total. The molecule has 0 spiro atoms. The van der Waals surface area contributed by atoms with Gasteiger partial charge in [0, 0.05) is 0 Å². The van der Waals surface area contributed by atoms with Crippen LogP contribution in [0.15, 0.2) is 0 Å². The molecule has 0 aliphatic heterocycles. The fraction of sp³-hybridized carbons (Fsp3) is 0. The van der Waals surface area contributed by atoms with E-state index in [1.807, 2.05) is 0 Å². The first kappa shape index (κ1) is 17.9. The molecule has 0 atom stereocenters. The second kappa shape index (κ2) is 24.9. The number of halogens is 1. The Hall–Kier alpha value is 1.47. The molecule has 0 aliphatic carbocycles. The summed E-state index contributed by atoms with van der Waals surface area (Å²) in [4.78, 5) is 0. The van der Waals surface area contributed by atoms with Crippen LogP contribution in [-0.4, -0.2) is 43.2 Å². The van der Waals surface area contributed by atoms with E-state index in [0.29, 0.717) is 0 Å². The first-order chi connectivity index (χ1) is 1.00. The SMILES string of the molecule is [Ca+2].[O-]Cl.[OH-]. The van der Waals surface area contributed by atoms with Crippen LogP contribution in [0.2, 0.25) is 0 Å². The van der Waals surface area contributed by atoms with Gasteiger partial charge in [-0.25, -0.2) is 11.9 Å². The summed E-state index contributed by atoms with van der Waals surface area (Å²) < 4.78 is 7.72. The zero-order valence-corrected chi connectivity index (χ0v) is 4.90. The Morgan fingerprint density at radius 3 is 1.25 bits per heavy atom.